The summed E-state index contributed by atoms with van der Waals surface area (Å²) in [6, 6.07) is 9.57. The molecule has 1 aliphatic rings. The first-order chi connectivity index (χ1) is 15.5. The Morgan fingerprint density at radius 3 is 2.69 bits per heavy atom. The van der Waals surface area contributed by atoms with Crippen molar-refractivity contribution in [1.29, 1.82) is 0 Å². The maximum atomic E-state index is 12.8. The Kier molecular flexibility index (Phi) is 7.48. The standard InChI is InChI=1S/C24H28ClN5OS/c1-16-20(25)9-6-10-21(16)30-22(19-11-13-26-14-12-19)28-29-24(30)32-17(2)23(31)27-15-18-7-4-3-5-8-18/h6,9-14,17-18H,3-5,7-8,15H2,1-2H3,(H,27,31). The van der Waals surface area contributed by atoms with Crippen molar-refractivity contribution in [3.63, 3.8) is 0 Å². The highest BCUT2D eigenvalue weighted by atomic mass is 35.5. The number of hydrogen-bond donors (Lipinski definition) is 1. The first-order valence-corrected chi connectivity index (χ1v) is 12.4. The molecule has 4 rings (SSSR count). The summed E-state index contributed by atoms with van der Waals surface area (Å²) >= 11 is 7.83. The predicted molar refractivity (Wildman–Crippen MR) is 129 cm³/mol. The van der Waals surface area contributed by atoms with Crippen molar-refractivity contribution in [1.82, 2.24) is 25.1 Å². The molecule has 3 aromatic rings. The molecule has 32 heavy (non-hydrogen) atoms. The number of hydrogen-bond acceptors (Lipinski definition) is 5. The van der Waals surface area contributed by atoms with Gasteiger partial charge in [0.05, 0.1) is 10.9 Å². The predicted octanol–water partition coefficient (Wildman–Crippen LogP) is 5.47. The van der Waals surface area contributed by atoms with Crippen LogP contribution in [0.1, 0.15) is 44.6 Å². The molecule has 1 unspecified atom stereocenters. The van der Waals surface area contributed by atoms with E-state index in [-0.39, 0.29) is 11.2 Å². The first kappa shape index (κ1) is 22.8. The van der Waals surface area contributed by atoms with Crippen LogP contribution in [0.2, 0.25) is 5.02 Å². The number of rotatable bonds is 7. The van der Waals surface area contributed by atoms with Gasteiger partial charge in [0.1, 0.15) is 0 Å². The second-order valence-corrected chi connectivity index (χ2v) is 9.99. The van der Waals surface area contributed by atoms with Crippen LogP contribution in [-0.2, 0) is 4.79 Å². The number of thioether (sulfide) groups is 1. The molecule has 1 aromatic carbocycles. The zero-order chi connectivity index (χ0) is 22.5. The summed E-state index contributed by atoms with van der Waals surface area (Å²) in [5, 5.41) is 13.1. The SMILES string of the molecule is Cc1c(Cl)cccc1-n1c(SC(C)C(=O)NCC2CCCCC2)nnc1-c1ccncc1. The molecule has 1 fully saturated rings. The van der Waals surface area contributed by atoms with Gasteiger partial charge >= 0.3 is 0 Å². The molecule has 0 bridgehead atoms. The molecule has 168 valence electrons. The van der Waals surface area contributed by atoms with Gasteiger partial charge < -0.3 is 5.32 Å². The quantitative estimate of drug-likeness (QED) is 0.464. The van der Waals surface area contributed by atoms with Gasteiger partial charge in [0.15, 0.2) is 11.0 Å². The molecule has 0 spiro atoms. The summed E-state index contributed by atoms with van der Waals surface area (Å²) in [5.41, 5.74) is 2.72. The van der Waals surface area contributed by atoms with Crippen LogP contribution in [0.25, 0.3) is 17.1 Å². The van der Waals surface area contributed by atoms with Gasteiger partial charge in [0.2, 0.25) is 5.91 Å². The number of nitrogens with zero attached hydrogens (tertiary/aromatic N) is 4. The van der Waals surface area contributed by atoms with Crippen LogP contribution in [0.15, 0.2) is 47.9 Å². The lowest BCUT2D eigenvalue weighted by atomic mass is 9.89. The van der Waals surface area contributed by atoms with E-state index in [2.05, 4.69) is 20.5 Å². The summed E-state index contributed by atoms with van der Waals surface area (Å²) in [6.45, 7) is 4.64. The Hall–Kier alpha value is -2.38. The summed E-state index contributed by atoms with van der Waals surface area (Å²) in [7, 11) is 0. The molecule has 0 saturated heterocycles. The van der Waals surface area contributed by atoms with E-state index in [0.717, 1.165) is 23.4 Å². The van der Waals surface area contributed by atoms with E-state index in [1.807, 2.05) is 48.7 Å². The molecule has 8 heteroatoms. The molecule has 1 atom stereocenters. The van der Waals surface area contributed by atoms with Crippen molar-refractivity contribution in [2.75, 3.05) is 6.54 Å². The molecular formula is C24H28ClN5OS. The van der Waals surface area contributed by atoms with E-state index >= 15 is 0 Å². The van der Waals surface area contributed by atoms with Crippen LogP contribution >= 0.6 is 23.4 Å². The topological polar surface area (TPSA) is 72.7 Å². The van der Waals surface area contributed by atoms with Crippen molar-refractivity contribution in [3.05, 3.63) is 53.3 Å². The van der Waals surface area contributed by atoms with Crippen LogP contribution in [0.3, 0.4) is 0 Å². The Balaban J connectivity index is 1.59. The number of carbonyl (C=O) groups is 1. The van der Waals surface area contributed by atoms with Crippen LogP contribution in [0.5, 0.6) is 0 Å². The van der Waals surface area contributed by atoms with Crippen LogP contribution in [-0.4, -0.2) is 37.5 Å². The van der Waals surface area contributed by atoms with E-state index in [4.69, 9.17) is 11.6 Å². The van der Waals surface area contributed by atoms with Crippen molar-refractivity contribution in [2.45, 2.75) is 56.4 Å². The van der Waals surface area contributed by atoms with Crippen LogP contribution < -0.4 is 5.32 Å². The van der Waals surface area contributed by atoms with E-state index in [0.29, 0.717) is 21.9 Å². The number of amides is 1. The van der Waals surface area contributed by atoms with Gasteiger partial charge in [0.25, 0.3) is 0 Å². The molecule has 0 radical (unpaired) electrons. The minimum atomic E-state index is -0.300. The molecule has 2 aromatic heterocycles. The van der Waals surface area contributed by atoms with Crippen molar-refractivity contribution >= 4 is 29.3 Å². The maximum absolute atomic E-state index is 12.8. The van der Waals surface area contributed by atoms with E-state index in [9.17, 15) is 4.79 Å². The van der Waals surface area contributed by atoms with Crippen LogP contribution in [0, 0.1) is 12.8 Å². The molecule has 1 N–H and O–H groups in total. The fourth-order valence-corrected chi connectivity index (χ4v) is 5.14. The summed E-state index contributed by atoms with van der Waals surface area (Å²) in [4.78, 5) is 16.9. The van der Waals surface area contributed by atoms with Crippen molar-refractivity contribution in [2.24, 2.45) is 5.92 Å². The van der Waals surface area contributed by atoms with Crippen molar-refractivity contribution < 1.29 is 4.79 Å². The minimum absolute atomic E-state index is 0.0309. The highest BCUT2D eigenvalue weighted by molar-refractivity contribution is 8.00. The van der Waals surface area contributed by atoms with Crippen LogP contribution in [0.4, 0.5) is 0 Å². The molecule has 0 aliphatic heterocycles. The van der Waals surface area contributed by atoms with E-state index < -0.39 is 0 Å². The maximum Gasteiger partial charge on any atom is 0.233 e. The van der Waals surface area contributed by atoms with Gasteiger partial charge in [0, 0.05) is 29.5 Å². The molecule has 6 nitrogen and oxygen atoms in total. The van der Waals surface area contributed by atoms with Gasteiger partial charge in [-0.15, -0.1) is 10.2 Å². The number of nitrogens with one attached hydrogen (secondary N) is 1. The molecule has 2 heterocycles. The Morgan fingerprint density at radius 1 is 1.19 bits per heavy atom. The normalized spacial score (nSPS) is 15.5. The largest absolute Gasteiger partial charge is 0.355 e. The van der Waals surface area contributed by atoms with Gasteiger partial charge in [-0.2, -0.15) is 0 Å². The van der Waals surface area contributed by atoms with E-state index in [1.54, 1.807) is 12.4 Å². The molecular weight excluding hydrogens is 442 g/mol. The van der Waals surface area contributed by atoms with E-state index in [1.165, 1.54) is 43.9 Å². The Morgan fingerprint density at radius 2 is 1.94 bits per heavy atom. The lowest BCUT2D eigenvalue weighted by Gasteiger charge is -2.22. The van der Waals surface area contributed by atoms with Crippen molar-refractivity contribution in [3.8, 4) is 17.1 Å². The summed E-state index contributed by atoms with van der Waals surface area (Å²) in [6.07, 6.45) is 9.73. The number of benzene rings is 1. The lowest BCUT2D eigenvalue weighted by molar-refractivity contribution is -0.120. The van der Waals surface area contributed by atoms with Gasteiger partial charge in [-0.25, -0.2) is 0 Å². The van der Waals surface area contributed by atoms with Gasteiger partial charge in [-0.1, -0.05) is 48.7 Å². The Labute approximate surface area is 198 Å². The fourth-order valence-electron chi connectivity index (χ4n) is 4.08. The molecule has 1 saturated carbocycles. The zero-order valence-electron chi connectivity index (χ0n) is 18.4. The average molecular weight is 470 g/mol. The number of pyridine rings is 1. The third-order valence-electron chi connectivity index (χ3n) is 5.99. The summed E-state index contributed by atoms with van der Waals surface area (Å²) < 4.78 is 1.98. The third-order valence-corrected chi connectivity index (χ3v) is 7.45. The fraction of sp³-hybridized carbons (Fsp3) is 0.417. The summed E-state index contributed by atoms with van der Waals surface area (Å²) in [5.74, 6) is 1.32. The Bertz CT molecular complexity index is 1070. The number of halogens is 1. The van der Waals surface area contributed by atoms with Gasteiger partial charge in [-0.3, -0.25) is 14.3 Å². The lowest BCUT2D eigenvalue weighted by Crippen LogP contribution is -2.35. The number of aromatic nitrogens is 4. The monoisotopic (exact) mass is 469 g/mol. The smallest absolute Gasteiger partial charge is 0.233 e. The average Bonchev–Trinajstić information content (AvgIpc) is 3.23. The molecule has 1 aliphatic carbocycles. The second-order valence-electron chi connectivity index (χ2n) is 8.27. The highest BCUT2D eigenvalue weighted by Gasteiger charge is 2.24. The molecule has 1 amide bonds. The van der Waals surface area contributed by atoms with Gasteiger partial charge in [-0.05, 0) is 62.4 Å². The number of carbonyl (C=O) groups excluding carboxylic acids is 1. The zero-order valence-corrected chi connectivity index (χ0v) is 20.0. The third kappa shape index (κ3) is 5.15. The highest BCUT2D eigenvalue weighted by Crippen LogP contribution is 2.33. The second kappa shape index (κ2) is 10.5. The first-order valence-electron chi connectivity index (χ1n) is 11.1. The minimum Gasteiger partial charge on any atom is -0.355 e.